The predicted molar refractivity (Wildman–Crippen MR) is 58.1 cm³/mol. The summed E-state index contributed by atoms with van der Waals surface area (Å²) < 4.78 is 0. The van der Waals surface area contributed by atoms with Crippen molar-refractivity contribution < 1.29 is 4.79 Å². The van der Waals surface area contributed by atoms with E-state index in [-0.39, 0.29) is 5.91 Å². The summed E-state index contributed by atoms with van der Waals surface area (Å²) in [5.41, 5.74) is 5.41. The smallest absolute Gasteiger partial charge is 0.224 e. The Hall–Kier alpha value is -1.26. The number of nitrogens with one attached hydrogen (secondary N) is 1. The monoisotopic (exact) mass is 200 g/mol. The van der Waals surface area contributed by atoms with Crippen molar-refractivity contribution >= 4 is 11.9 Å². The molecule has 0 aliphatic heterocycles. The van der Waals surface area contributed by atoms with Gasteiger partial charge in [0.25, 0.3) is 0 Å². The molecule has 0 bridgehead atoms. The molecule has 5 nitrogen and oxygen atoms in total. The Labute approximate surface area is 85.4 Å². The lowest BCUT2D eigenvalue weighted by molar-refractivity contribution is -0.130. The molecule has 0 atom stereocenters. The van der Waals surface area contributed by atoms with Gasteiger partial charge < -0.3 is 16.0 Å². The fraction of sp³-hybridized carbons (Fsp3) is 0.778. The summed E-state index contributed by atoms with van der Waals surface area (Å²) in [6.45, 7) is 5.99. The third-order valence-corrected chi connectivity index (χ3v) is 2.00. The topological polar surface area (TPSA) is 70.7 Å². The lowest BCUT2D eigenvalue weighted by Crippen LogP contribution is -2.36. The highest BCUT2D eigenvalue weighted by Crippen LogP contribution is 1.92. The highest BCUT2D eigenvalue weighted by molar-refractivity contribution is 5.79. The number of aliphatic imine (C=N–C) groups is 1. The third-order valence-electron chi connectivity index (χ3n) is 2.00. The van der Waals surface area contributed by atoms with Gasteiger partial charge in [0.05, 0.1) is 0 Å². The number of hydrogen-bond donors (Lipinski definition) is 2. The third kappa shape index (κ3) is 4.69. The maximum absolute atomic E-state index is 11.5. The van der Waals surface area contributed by atoms with Crippen LogP contribution in [0.3, 0.4) is 0 Å². The van der Waals surface area contributed by atoms with E-state index >= 15 is 0 Å². The van der Waals surface area contributed by atoms with Gasteiger partial charge in [-0.15, -0.1) is 0 Å². The first-order valence-electron chi connectivity index (χ1n) is 4.89. The fourth-order valence-electron chi connectivity index (χ4n) is 1.11. The molecule has 0 fully saturated rings. The molecule has 0 aromatic heterocycles. The van der Waals surface area contributed by atoms with Crippen LogP contribution in [0.1, 0.15) is 20.3 Å². The van der Waals surface area contributed by atoms with Crippen LogP contribution in [0.15, 0.2) is 4.99 Å². The summed E-state index contributed by atoms with van der Waals surface area (Å²) in [5, 5.41) is 2.85. The zero-order valence-electron chi connectivity index (χ0n) is 9.21. The van der Waals surface area contributed by atoms with Crippen molar-refractivity contribution in [3.8, 4) is 0 Å². The molecule has 0 unspecified atom stereocenters. The Bertz CT molecular complexity index is 199. The lowest BCUT2D eigenvalue weighted by atomic mass is 10.3. The molecule has 5 heteroatoms. The SMILES string of the molecule is CCN(CC)C(=O)CCNC(N)=NC. The van der Waals surface area contributed by atoms with Crippen LogP contribution >= 0.6 is 0 Å². The minimum absolute atomic E-state index is 0.145. The highest BCUT2D eigenvalue weighted by Gasteiger charge is 2.08. The van der Waals surface area contributed by atoms with Gasteiger partial charge in [-0.25, -0.2) is 0 Å². The molecule has 82 valence electrons. The van der Waals surface area contributed by atoms with Crippen LogP contribution in [0, 0.1) is 0 Å². The van der Waals surface area contributed by atoms with Gasteiger partial charge >= 0.3 is 0 Å². The number of amides is 1. The molecule has 0 spiro atoms. The quantitative estimate of drug-likeness (QED) is 0.476. The number of guanidine groups is 1. The molecular formula is C9H20N4O. The van der Waals surface area contributed by atoms with Crippen LogP contribution in [-0.2, 0) is 4.79 Å². The molecule has 0 aliphatic rings. The summed E-state index contributed by atoms with van der Waals surface area (Å²) in [4.78, 5) is 17.0. The molecule has 0 heterocycles. The number of hydrogen-bond acceptors (Lipinski definition) is 2. The van der Waals surface area contributed by atoms with E-state index in [1.165, 1.54) is 0 Å². The number of carbonyl (C=O) groups excluding carboxylic acids is 1. The van der Waals surface area contributed by atoms with E-state index in [1.807, 2.05) is 13.8 Å². The second kappa shape index (κ2) is 7.17. The van der Waals surface area contributed by atoms with E-state index in [2.05, 4.69) is 10.3 Å². The number of nitrogens with two attached hydrogens (primary N) is 1. The zero-order valence-corrected chi connectivity index (χ0v) is 9.21. The van der Waals surface area contributed by atoms with E-state index in [0.717, 1.165) is 13.1 Å². The zero-order chi connectivity index (χ0) is 11.0. The normalized spacial score (nSPS) is 11.2. The Balaban J connectivity index is 3.73. The van der Waals surface area contributed by atoms with Crippen molar-refractivity contribution in [2.45, 2.75) is 20.3 Å². The predicted octanol–water partition coefficient (Wildman–Crippen LogP) is -0.221. The molecule has 0 saturated heterocycles. The molecule has 0 aromatic rings. The van der Waals surface area contributed by atoms with Gasteiger partial charge in [-0.1, -0.05) is 0 Å². The van der Waals surface area contributed by atoms with Crippen LogP contribution in [0.2, 0.25) is 0 Å². The van der Waals surface area contributed by atoms with Crippen LogP contribution < -0.4 is 11.1 Å². The van der Waals surface area contributed by atoms with Gasteiger partial charge in [-0.05, 0) is 13.8 Å². The molecule has 0 aromatic carbocycles. The average molecular weight is 200 g/mol. The van der Waals surface area contributed by atoms with E-state index in [1.54, 1.807) is 11.9 Å². The summed E-state index contributed by atoms with van der Waals surface area (Å²) in [7, 11) is 1.61. The first-order valence-corrected chi connectivity index (χ1v) is 4.89. The fourth-order valence-corrected chi connectivity index (χ4v) is 1.11. The molecule has 0 aliphatic carbocycles. The van der Waals surface area contributed by atoms with Gasteiger partial charge in [0.2, 0.25) is 5.91 Å². The van der Waals surface area contributed by atoms with E-state index in [9.17, 15) is 4.79 Å². The van der Waals surface area contributed by atoms with Gasteiger partial charge in [0.15, 0.2) is 5.96 Å². The van der Waals surface area contributed by atoms with Crippen molar-refractivity contribution in [2.24, 2.45) is 10.7 Å². The second-order valence-corrected chi connectivity index (χ2v) is 2.85. The van der Waals surface area contributed by atoms with Gasteiger partial charge in [-0.3, -0.25) is 9.79 Å². The number of carbonyl (C=O) groups is 1. The molecule has 0 rings (SSSR count). The Morgan fingerprint density at radius 2 is 2.00 bits per heavy atom. The lowest BCUT2D eigenvalue weighted by Gasteiger charge is -2.18. The van der Waals surface area contributed by atoms with Gasteiger partial charge in [0, 0.05) is 33.1 Å². The summed E-state index contributed by atoms with van der Waals surface area (Å²) in [5.74, 6) is 0.517. The van der Waals surface area contributed by atoms with Crippen molar-refractivity contribution in [3.05, 3.63) is 0 Å². The van der Waals surface area contributed by atoms with Crippen LogP contribution in [0.4, 0.5) is 0 Å². The minimum Gasteiger partial charge on any atom is -0.370 e. The maximum atomic E-state index is 11.5. The summed E-state index contributed by atoms with van der Waals surface area (Å²) in [6, 6.07) is 0. The van der Waals surface area contributed by atoms with Crippen LogP contribution in [0.5, 0.6) is 0 Å². The molecular weight excluding hydrogens is 180 g/mol. The maximum Gasteiger partial charge on any atom is 0.224 e. The van der Waals surface area contributed by atoms with Crippen molar-refractivity contribution in [1.82, 2.24) is 10.2 Å². The number of nitrogens with zero attached hydrogens (tertiary/aromatic N) is 2. The standard InChI is InChI=1S/C9H20N4O/c1-4-13(5-2)8(14)6-7-12-9(10)11-3/h4-7H2,1-3H3,(H3,10,11,12). The minimum atomic E-state index is 0.145. The molecule has 0 radical (unpaired) electrons. The van der Waals surface area contributed by atoms with Crippen molar-refractivity contribution in [1.29, 1.82) is 0 Å². The van der Waals surface area contributed by atoms with Crippen molar-refractivity contribution in [3.63, 3.8) is 0 Å². The Morgan fingerprint density at radius 3 is 2.43 bits per heavy atom. The van der Waals surface area contributed by atoms with E-state index in [4.69, 9.17) is 5.73 Å². The first kappa shape index (κ1) is 12.7. The van der Waals surface area contributed by atoms with Gasteiger partial charge in [0.1, 0.15) is 0 Å². The number of rotatable bonds is 5. The Morgan fingerprint density at radius 1 is 1.43 bits per heavy atom. The van der Waals surface area contributed by atoms with E-state index in [0.29, 0.717) is 18.9 Å². The Kier molecular flexibility index (Phi) is 6.53. The summed E-state index contributed by atoms with van der Waals surface area (Å²) >= 11 is 0. The summed E-state index contributed by atoms with van der Waals surface area (Å²) in [6.07, 6.45) is 0.456. The van der Waals surface area contributed by atoms with Crippen LogP contribution in [0.25, 0.3) is 0 Å². The first-order chi connectivity index (χ1) is 6.65. The molecule has 3 N–H and O–H groups in total. The molecule has 14 heavy (non-hydrogen) atoms. The highest BCUT2D eigenvalue weighted by atomic mass is 16.2. The molecule has 1 amide bonds. The van der Waals surface area contributed by atoms with Crippen LogP contribution in [-0.4, -0.2) is 43.4 Å². The largest absolute Gasteiger partial charge is 0.370 e. The second-order valence-electron chi connectivity index (χ2n) is 2.85. The van der Waals surface area contributed by atoms with Gasteiger partial charge in [-0.2, -0.15) is 0 Å². The van der Waals surface area contributed by atoms with Crippen molar-refractivity contribution in [2.75, 3.05) is 26.7 Å². The molecule has 0 saturated carbocycles. The van der Waals surface area contributed by atoms with E-state index < -0.39 is 0 Å². The average Bonchev–Trinajstić information content (AvgIpc) is 2.19.